The minimum Gasteiger partial charge on any atom is -0.357 e. The van der Waals surface area contributed by atoms with Crippen LogP contribution >= 0.6 is 11.5 Å². The van der Waals surface area contributed by atoms with Gasteiger partial charge in [-0.3, -0.25) is 9.89 Å². The van der Waals surface area contributed by atoms with Gasteiger partial charge in [0.2, 0.25) is 5.13 Å². The van der Waals surface area contributed by atoms with Crippen LogP contribution in [0.1, 0.15) is 26.1 Å². The van der Waals surface area contributed by atoms with E-state index in [0.29, 0.717) is 19.5 Å². The van der Waals surface area contributed by atoms with Crippen molar-refractivity contribution in [1.82, 2.24) is 24.5 Å². The molecule has 1 aromatic rings. The van der Waals surface area contributed by atoms with Gasteiger partial charge in [0, 0.05) is 57.2 Å². The van der Waals surface area contributed by atoms with Gasteiger partial charge in [-0.15, -0.1) is 0 Å². The number of nitrogens with zero attached hydrogens (tertiary/aromatic N) is 6. The second-order valence-corrected chi connectivity index (χ2v) is 7.49. The van der Waals surface area contributed by atoms with Gasteiger partial charge in [0.1, 0.15) is 5.82 Å². The molecule has 28 heavy (non-hydrogen) atoms. The second kappa shape index (κ2) is 10.8. The van der Waals surface area contributed by atoms with Gasteiger partial charge in [-0.2, -0.15) is 17.5 Å². The van der Waals surface area contributed by atoms with Crippen LogP contribution in [-0.4, -0.2) is 90.7 Å². The molecule has 1 aliphatic rings. The molecule has 0 aliphatic carbocycles. The molecule has 1 saturated heterocycles. The molecule has 0 unspecified atom stereocenters. The van der Waals surface area contributed by atoms with Crippen molar-refractivity contribution in [3.63, 3.8) is 0 Å². The maximum Gasteiger partial charge on any atom is 0.401 e. The fourth-order valence-electron chi connectivity index (χ4n) is 2.96. The topological polar surface area (TPSA) is 59.9 Å². The van der Waals surface area contributed by atoms with E-state index in [4.69, 9.17) is 0 Å². The fourth-order valence-corrected chi connectivity index (χ4v) is 3.76. The van der Waals surface area contributed by atoms with E-state index in [1.54, 1.807) is 0 Å². The predicted molar refractivity (Wildman–Crippen MR) is 107 cm³/mol. The van der Waals surface area contributed by atoms with Crippen LogP contribution in [0.2, 0.25) is 0 Å². The average Bonchev–Trinajstić information content (AvgIpc) is 3.12. The second-order valence-electron chi connectivity index (χ2n) is 6.76. The maximum atomic E-state index is 12.4. The number of piperazine rings is 1. The zero-order chi connectivity index (χ0) is 20.6. The fraction of sp³-hybridized carbons (Fsp3) is 0.824. The highest BCUT2D eigenvalue weighted by molar-refractivity contribution is 7.09. The number of hydrogen-bond acceptors (Lipinski definition) is 6. The SMILES string of the molecule is CCNC(=NCCCN(C)CC(F)(F)F)N1CCN(c2nc(CC)ns2)CC1. The maximum absolute atomic E-state index is 12.4. The van der Waals surface area contributed by atoms with Gasteiger partial charge in [-0.05, 0) is 26.9 Å². The average molecular weight is 422 g/mol. The molecule has 160 valence electrons. The van der Waals surface area contributed by atoms with E-state index in [1.165, 1.54) is 23.5 Å². The summed E-state index contributed by atoms with van der Waals surface area (Å²) in [5.74, 6) is 1.71. The highest BCUT2D eigenvalue weighted by atomic mass is 32.1. The molecule has 0 atom stereocenters. The van der Waals surface area contributed by atoms with Crippen molar-refractivity contribution in [2.75, 3.05) is 64.3 Å². The summed E-state index contributed by atoms with van der Waals surface area (Å²) in [5, 5.41) is 4.25. The highest BCUT2D eigenvalue weighted by Crippen LogP contribution is 2.19. The van der Waals surface area contributed by atoms with Gasteiger partial charge < -0.3 is 15.1 Å². The summed E-state index contributed by atoms with van der Waals surface area (Å²) in [4.78, 5) is 14.9. The number of alkyl halides is 3. The quantitative estimate of drug-likeness (QED) is 0.394. The Morgan fingerprint density at radius 1 is 1.25 bits per heavy atom. The van der Waals surface area contributed by atoms with Crippen molar-refractivity contribution < 1.29 is 13.2 Å². The molecule has 0 saturated carbocycles. The summed E-state index contributed by atoms with van der Waals surface area (Å²) in [5.41, 5.74) is 0. The molecular formula is C17H30F3N7S. The van der Waals surface area contributed by atoms with Gasteiger partial charge >= 0.3 is 6.18 Å². The van der Waals surface area contributed by atoms with Crippen molar-refractivity contribution in [3.8, 4) is 0 Å². The summed E-state index contributed by atoms with van der Waals surface area (Å²) in [7, 11) is 1.49. The van der Waals surface area contributed by atoms with Crippen LogP contribution in [0, 0.1) is 0 Å². The monoisotopic (exact) mass is 421 g/mol. The van der Waals surface area contributed by atoms with E-state index < -0.39 is 12.7 Å². The Bertz CT molecular complexity index is 612. The normalized spacial score (nSPS) is 16.2. The number of aryl methyl sites for hydroxylation is 1. The van der Waals surface area contributed by atoms with Crippen LogP contribution in [0.5, 0.6) is 0 Å². The van der Waals surface area contributed by atoms with Crippen molar-refractivity contribution in [2.24, 2.45) is 4.99 Å². The third-order valence-electron chi connectivity index (χ3n) is 4.37. The standard InChI is InChI=1S/C17H30F3N7S/c1-4-14-23-16(28-24-14)27-11-9-26(10-12-27)15(21-5-2)22-7-6-8-25(3)13-17(18,19)20/h4-13H2,1-3H3,(H,21,22). The van der Waals surface area contributed by atoms with Crippen LogP contribution in [0.3, 0.4) is 0 Å². The van der Waals surface area contributed by atoms with E-state index in [9.17, 15) is 13.2 Å². The molecule has 0 aromatic carbocycles. The summed E-state index contributed by atoms with van der Waals surface area (Å²) in [6.07, 6.45) is -2.73. The Labute approximate surface area is 168 Å². The zero-order valence-corrected chi connectivity index (χ0v) is 17.6. The first-order chi connectivity index (χ1) is 13.3. The Morgan fingerprint density at radius 3 is 2.54 bits per heavy atom. The Morgan fingerprint density at radius 2 is 1.96 bits per heavy atom. The van der Waals surface area contributed by atoms with E-state index >= 15 is 0 Å². The van der Waals surface area contributed by atoms with Gasteiger partial charge in [-0.25, -0.2) is 4.98 Å². The predicted octanol–water partition coefficient (Wildman–Crippen LogP) is 2.07. The van der Waals surface area contributed by atoms with Gasteiger partial charge in [0.15, 0.2) is 5.96 Å². The molecule has 1 fully saturated rings. The molecule has 1 N–H and O–H groups in total. The van der Waals surface area contributed by atoms with E-state index in [1.807, 2.05) is 13.8 Å². The number of hydrogen-bond donors (Lipinski definition) is 1. The van der Waals surface area contributed by atoms with Gasteiger partial charge in [0.05, 0.1) is 6.54 Å². The van der Waals surface area contributed by atoms with Crippen LogP contribution in [0.4, 0.5) is 18.3 Å². The molecule has 11 heteroatoms. The van der Waals surface area contributed by atoms with E-state index in [-0.39, 0.29) is 0 Å². The summed E-state index contributed by atoms with van der Waals surface area (Å²) in [6, 6.07) is 0. The molecule has 1 aromatic heterocycles. The zero-order valence-electron chi connectivity index (χ0n) is 16.8. The van der Waals surface area contributed by atoms with Crippen molar-refractivity contribution in [1.29, 1.82) is 0 Å². The van der Waals surface area contributed by atoms with Crippen LogP contribution < -0.4 is 10.2 Å². The number of halogens is 3. The van der Waals surface area contributed by atoms with Crippen LogP contribution in [0.15, 0.2) is 4.99 Å². The third kappa shape index (κ3) is 7.42. The van der Waals surface area contributed by atoms with Crippen LogP contribution in [0.25, 0.3) is 0 Å². The molecule has 7 nitrogen and oxygen atoms in total. The van der Waals surface area contributed by atoms with Gasteiger partial charge in [0.25, 0.3) is 0 Å². The first-order valence-corrected chi connectivity index (χ1v) is 10.5. The highest BCUT2D eigenvalue weighted by Gasteiger charge is 2.28. The summed E-state index contributed by atoms with van der Waals surface area (Å²) >= 11 is 1.44. The number of nitrogens with one attached hydrogen (secondary N) is 1. The molecule has 2 rings (SSSR count). The molecule has 0 radical (unpaired) electrons. The first-order valence-electron chi connectivity index (χ1n) is 9.68. The smallest absolute Gasteiger partial charge is 0.357 e. The van der Waals surface area contributed by atoms with E-state index in [0.717, 1.165) is 56.1 Å². The minimum absolute atomic E-state index is 0.368. The lowest BCUT2D eigenvalue weighted by Gasteiger charge is -2.36. The lowest BCUT2D eigenvalue weighted by atomic mass is 10.3. The molecule has 0 spiro atoms. The molecular weight excluding hydrogens is 391 g/mol. The minimum atomic E-state index is -4.16. The number of anilines is 1. The van der Waals surface area contributed by atoms with Crippen molar-refractivity contribution in [3.05, 3.63) is 5.82 Å². The number of rotatable bonds is 8. The Hall–Kier alpha value is -1.62. The number of guanidine groups is 1. The molecule has 0 amide bonds. The van der Waals surface area contributed by atoms with Gasteiger partial charge in [-0.1, -0.05) is 6.92 Å². The lowest BCUT2D eigenvalue weighted by molar-refractivity contribution is -0.143. The Kier molecular flexibility index (Phi) is 8.74. The largest absolute Gasteiger partial charge is 0.401 e. The van der Waals surface area contributed by atoms with Crippen LogP contribution in [-0.2, 0) is 6.42 Å². The first kappa shape index (κ1) is 22.7. The Balaban J connectivity index is 1.80. The summed E-state index contributed by atoms with van der Waals surface area (Å²) in [6.45, 7) is 8.12. The lowest BCUT2D eigenvalue weighted by Crippen LogP contribution is -2.52. The summed E-state index contributed by atoms with van der Waals surface area (Å²) < 4.78 is 41.4. The number of aliphatic imine (C=N–C) groups is 1. The molecule has 1 aliphatic heterocycles. The van der Waals surface area contributed by atoms with Crippen molar-refractivity contribution in [2.45, 2.75) is 32.9 Å². The number of aromatic nitrogens is 2. The van der Waals surface area contributed by atoms with E-state index in [2.05, 4.69) is 29.5 Å². The molecule has 2 heterocycles. The molecule has 0 bridgehead atoms. The third-order valence-corrected chi connectivity index (χ3v) is 5.18. The van der Waals surface area contributed by atoms with Crippen molar-refractivity contribution >= 4 is 22.6 Å².